The molecule has 0 aliphatic heterocycles. The van der Waals surface area contributed by atoms with Crippen molar-refractivity contribution in [3.63, 3.8) is 0 Å². The maximum Gasteiger partial charge on any atom is 0.416 e. The zero-order valence-electron chi connectivity index (χ0n) is 13.6. The molecule has 23 heavy (non-hydrogen) atoms. The Morgan fingerprint density at radius 2 is 1.74 bits per heavy atom. The number of likely N-dealkylation sites (N-methyl/N-ethyl adjacent to an activating group) is 1. The number of nitrogens with one attached hydrogen (secondary N) is 1. The molecular formula is C16H21F3N2O2. The predicted octanol–water partition coefficient (Wildman–Crippen LogP) is 2.58. The van der Waals surface area contributed by atoms with Crippen molar-refractivity contribution >= 4 is 11.8 Å². The summed E-state index contributed by atoms with van der Waals surface area (Å²) in [7, 11) is 1.50. The van der Waals surface area contributed by atoms with Crippen molar-refractivity contribution in [1.29, 1.82) is 0 Å². The first-order valence-corrected chi connectivity index (χ1v) is 7.09. The zero-order valence-corrected chi connectivity index (χ0v) is 13.6. The van der Waals surface area contributed by atoms with Crippen molar-refractivity contribution in [1.82, 2.24) is 10.2 Å². The lowest BCUT2D eigenvalue weighted by atomic mass is 9.83. The van der Waals surface area contributed by atoms with Crippen molar-refractivity contribution in [2.45, 2.75) is 32.4 Å². The van der Waals surface area contributed by atoms with Gasteiger partial charge in [-0.25, -0.2) is 0 Å². The van der Waals surface area contributed by atoms with Crippen LogP contribution in [0, 0.1) is 0 Å². The summed E-state index contributed by atoms with van der Waals surface area (Å²) in [4.78, 5) is 24.1. The van der Waals surface area contributed by atoms with Crippen LogP contribution in [0.3, 0.4) is 0 Å². The Hall–Kier alpha value is -2.05. The van der Waals surface area contributed by atoms with Crippen molar-refractivity contribution in [2.24, 2.45) is 0 Å². The van der Waals surface area contributed by atoms with Crippen LogP contribution in [0.15, 0.2) is 24.3 Å². The van der Waals surface area contributed by atoms with E-state index in [0.29, 0.717) is 5.56 Å². The molecule has 0 fully saturated rings. The van der Waals surface area contributed by atoms with Gasteiger partial charge in [0.1, 0.15) is 0 Å². The molecule has 1 aromatic carbocycles. The number of amides is 2. The topological polar surface area (TPSA) is 49.4 Å². The van der Waals surface area contributed by atoms with E-state index in [0.717, 1.165) is 12.1 Å². The largest absolute Gasteiger partial charge is 0.416 e. The molecule has 2 amide bonds. The van der Waals surface area contributed by atoms with Gasteiger partial charge in [-0.3, -0.25) is 9.59 Å². The normalized spacial score (nSPS) is 12.0. The number of rotatable bonds is 5. The Labute approximate surface area is 133 Å². The smallest absolute Gasteiger partial charge is 0.354 e. The molecule has 7 heteroatoms. The molecule has 0 radical (unpaired) electrons. The average molecular weight is 330 g/mol. The summed E-state index contributed by atoms with van der Waals surface area (Å²) in [6.07, 6.45) is -4.40. The van der Waals surface area contributed by atoms with Gasteiger partial charge in [0.25, 0.3) is 0 Å². The Morgan fingerprint density at radius 1 is 1.17 bits per heavy atom. The summed E-state index contributed by atoms with van der Waals surface area (Å²) >= 11 is 0. The van der Waals surface area contributed by atoms with Crippen LogP contribution >= 0.6 is 0 Å². The lowest BCUT2D eigenvalue weighted by Gasteiger charge is -2.27. The van der Waals surface area contributed by atoms with E-state index < -0.39 is 17.2 Å². The van der Waals surface area contributed by atoms with E-state index in [2.05, 4.69) is 5.32 Å². The monoisotopic (exact) mass is 330 g/mol. The molecule has 0 aromatic heterocycles. The fourth-order valence-corrected chi connectivity index (χ4v) is 1.92. The predicted molar refractivity (Wildman–Crippen MR) is 80.8 cm³/mol. The van der Waals surface area contributed by atoms with Crippen LogP contribution < -0.4 is 5.32 Å². The summed E-state index contributed by atoms with van der Waals surface area (Å²) in [5.74, 6) is -0.597. The minimum atomic E-state index is -4.40. The van der Waals surface area contributed by atoms with Crippen LogP contribution in [0.2, 0.25) is 0 Å². The lowest BCUT2D eigenvalue weighted by Crippen LogP contribution is -2.42. The molecule has 0 heterocycles. The summed E-state index contributed by atoms with van der Waals surface area (Å²) in [5.41, 5.74) is -0.913. The van der Waals surface area contributed by atoms with E-state index in [1.54, 1.807) is 19.9 Å². The summed E-state index contributed by atoms with van der Waals surface area (Å²) in [6.45, 7) is 4.92. The first kappa shape index (κ1) is 19.0. The maximum absolute atomic E-state index is 12.8. The fraction of sp³-hybridized carbons (Fsp3) is 0.500. The number of alkyl halides is 3. The minimum Gasteiger partial charge on any atom is -0.354 e. The highest BCUT2D eigenvalue weighted by atomic mass is 19.4. The Balaban J connectivity index is 2.76. The van der Waals surface area contributed by atoms with Crippen LogP contribution in [0.25, 0.3) is 0 Å². The van der Waals surface area contributed by atoms with Crippen molar-refractivity contribution in [2.75, 3.05) is 20.1 Å². The Morgan fingerprint density at radius 3 is 2.26 bits per heavy atom. The summed E-state index contributed by atoms with van der Waals surface area (Å²) in [6, 6.07) is 5.06. The van der Waals surface area contributed by atoms with Crippen molar-refractivity contribution in [3.8, 4) is 0 Å². The Kier molecular flexibility index (Phi) is 5.80. The quantitative estimate of drug-likeness (QED) is 0.902. The van der Waals surface area contributed by atoms with Gasteiger partial charge < -0.3 is 10.2 Å². The van der Waals surface area contributed by atoms with Gasteiger partial charge in [0.05, 0.1) is 12.1 Å². The number of carbonyl (C=O) groups excluding carboxylic acids is 2. The zero-order chi connectivity index (χ0) is 17.8. The highest BCUT2D eigenvalue weighted by Crippen LogP contribution is 2.32. The van der Waals surface area contributed by atoms with Gasteiger partial charge in [-0.1, -0.05) is 32.0 Å². The van der Waals surface area contributed by atoms with Gasteiger partial charge in [0.2, 0.25) is 11.8 Å². The van der Waals surface area contributed by atoms with Crippen LogP contribution in [-0.4, -0.2) is 36.9 Å². The van der Waals surface area contributed by atoms with Gasteiger partial charge in [-0.2, -0.15) is 13.2 Å². The highest BCUT2D eigenvalue weighted by Gasteiger charge is 2.32. The number of hydrogen-bond acceptors (Lipinski definition) is 2. The van der Waals surface area contributed by atoms with E-state index >= 15 is 0 Å². The van der Waals surface area contributed by atoms with Crippen LogP contribution in [0.4, 0.5) is 13.2 Å². The standard InChI is InChI=1S/C16H21F3N2O2/c1-11(22)21(4)9-14(23)20-10-15(2,3)12-6-5-7-13(8-12)16(17,18)19/h5-8H,9-10H2,1-4H3,(H,20,23). The van der Waals surface area contributed by atoms with Crippen molar-refractivity contribution in [3.05, 3.63) is 35.4 Å². The Bertz CT molecular complexity index is 583. The van der Waals surface area contributed by atoms with Gasteiger partial charge in [-0.15, -0.1) is 0 Å². The number of hydrogen-bond donors (Lipinski definition) is 1. The van der Waals surface area contributed by atoms with E-state index in [-0.39, 0.29) is 24.9 Å². The molecule has 0 saturated heterocycles. The fourth-order valence-electron chi connectivity index (χ4n) is 1.92. The maximum atomic E-state index is 12.8. The van der Waals surface area contributed by atoms with Crippen LogP contribution in [0.1, 0.15) is 31.9 Å². The molecule has 0 aliphatic carbocycles. The SMILES string of the molecule is CC(=O)N(C)CC(=O)NCC(C)(C)c1cccc(C(F)(F)F)c1. The second kappa shape index (κ2) is 7.02. The molecular weight excluding hydrogens is 309 g/mol. The van der Waals surface area contributed by atoms with E-state index in [9.17, 15) is 22.8 Å². The molecule has 1 N–H and O–H groups in total. The number of benzene rings is 1. The first-order chi connectivity index (χ1) is 10.4. The summed E-state index contributed by atoms with van der Waals surface area (Å²) in [5, 5.41) is 2.65. The van der Waals surface area contributed by atoms with E-state index in [1.807, 2.05) is 0 Å². The minimum absolute atomic E-state index is 0.0893. The van der Waals surface area contributed by atoms with Gasteiger partial charge >= 0.3 is 6.18 Å². The molecule has 0 spiro atoms. The molecule has 0 bridgehead atoms. The number of halogens is 3. The third-order valence-corrected chi connectivity index (χ3v) is 3.62. The van der Waals surface area contributed by atoms with Gasteiger partial charge in [-0.05, 0) is 11.6 Å². The second-order valence-electron chi connectivity index (χ2n) is 6.11. The van der Waals surface area contributed by atoms with Crippen molar-refractivity contribution < 1.29 is 22.8 Å². The number of nitrogens with zero attached hydrogens (tertiary/aromatic N) is 1. The molecule has 0 aliphatic rings. The van der Waals surface area contributed by atoms with Crippen LogP contribution in [0.5, 0.6) is 0 Å². The van der Waals surface area contributed by atoms with Gasteiger partial charge in [0.15, 0.2) is 0 Å². The lowest BCUT2D eigenvalue weighted by molar-refractivity contribution is -0.137. The third-order valence-electron chi connectivity index (χ3n) is 3.62. The molecule has 0 atom stereocenters. The molecule has 0 unspecified atom stereocenters. The first-order valence-electron chi connectivity index (χ1n) is 7.09. The molecule has 128 valence electrons. The summed E-state index contributed by atoms with van der Waals surface area (Å²) < 4.78 is 38.3. The third kappa shape index (κ3) is 5.58. The molecule has 4 nitrogen and oxygen atoms in total. The average Bonchev–Trinajstić information content (AvgIpc) is 2.44. The van der Waals surface area contributed by atoms with Gasteiger partial charge in [0, 0.05) is 25.9 Å². The molecule has 1 aromatic rings. The highest BCUT2D eigenvalue weighted by molar-refractivity contribution is 5.83. The van der Waals surface area contributed by atoms with E-state index in [4.69, 9.17) is 0 Å². The number of carbonyl (C=O) groups is 2. The van der Waals surface area contributed by atoms with Crippen LogP contribution in [-0.2, 0) is 21.2 Å². The van der Waals surface area contributed by atoms with E-state index in [1.165, 1.54) is 24.9 Å². The molecule has 0 saturated carbocycles. The molecule has 1 rings (SSSR count). The second-order valence-corrected chi connectivity index (χ2v) is 6.11.